The number of benzene rings is 1. The van der Waals surface area contributed by atoms with Crippen LogP contribution in [-0.2, 0) is 12.8 Å². The van der Waals surface area contributed by atoms with Crippen molar-refractivity contribution in [3.8, 4) is 17.5 Å². The van der Waals surface area contributed by atoms with Crippen molar-refractivity contribution in [1.82, 2.24) is 9.55 Å². The molecule has 1 atom stereocenters. The SMILES string of the molecule is COc1cccc(-n2c(S[C@H](C)C#N)nc3sc4c(c3c2=O)CCCCC4)c1. The Morgan fingerprint density at radius 3 is 2.93 bits per heavy atom. The lowest BCUT2D eigenvalue weighted by Gasteiger charge is -2.14. The highest BCUT2D eigenvalue weighted by Crippen LogP contribution is 2.35. The minimum Gasteiger partial charge on any atom is -0.497 e. The van der Waals surface area contributed by atoms with Crippen LogP contribution in [0.5, 0.6) is 5.75 Å². The minimum atomic E-state index is -0.306. The van der Waals surface area contributed by atoms with E-state index in [0.29, 0.717) is 16.6 Å². The summed E-state index contributed by atoms with van der Waals surface area (Å²) in [7, 11) is 1.61. The fraction of sp³-hybridized carbons (Fsp3) is 0.381. The molecule has 1 aromatic carbocycles. The Kier molecular flexibility index (Phi) is 5.42. The number of rotatable bonds is 4. The number of methoxy groups -OCH3 is 1. The Labute approximate surface area is 172 Å². The fourth-order valence-electron chi connectivity index (χ4n) is 3.60. The summed E-state index contributed by atoms with van der Waals surface area (Å²) in [5.41, 5.74) is 1.83. The fourth-order valence-corrected chi connectivity index (χ4v) is 5.72. The molecule has 2 aromatic heterocycles. The Morgan fingerprint density at radius 1 is 1.32 bits per heavy atom. The summed E-state index contributed by atoms with van der Waals surface area (Å²) in [6.07, 6.45) is 5.43. The minimum absolute atomic E-state index is 0.0507. The molecule has 2 heterocycles. The van der Waals surface area contributed by atoms with Gasteiger partial charge in [-0.05, 0) is 50.3 Å². The smallest absolute Gasteiger partial charge is 0.267 e. The first-order chi connectivity index (χ1) is 13.6. The van der Waals surface area contributed by atoms with E-state index in [0.717, 1.165) is 35.9 Å². The lowest BCUT2D eigenvalue weighted by molar-refractivity contribution is 0.414. The number of thiophene rings is 1. The molecular formula is C21H21N3O2S2. The predicted octanol–water partition coefficient (Wildman–Crippen LogP) is 4.73. The zero-order valence-electron chi connectivity index (χ0n) is 15.9. The van der Waals surface area contributed by atoms with Gasteiger partial charge in [-0.25, -0.2) is 4.98 Å². The summed E-state index contributed by atoms with van der Waals surface area (Å²) >= 11 is 2.96. The van der Waals surface area contributed by atoms with E-state index in [9.17, 15) is 10.1 Å². The molecule has 1 aliphatic carbocycles. The van der Waals surface area contributed by atoms with Gasteiger partial charge in [-0.15, -0.1) is 11.3 Å². The zero-order valence-corrected chi connectivity index (χ0v) is 17.5. The molecule has 0 fully saturated rings. The van der Waals surface area contributed by atoms with Crippen LogP contribution in [0, 0.1) is 11.3 Å². The van der Waals surface area contributed by atoms with Crippen LogP contribution in [-0.4, -0.2) is 21.9 Å². The van der Waals surface area contributed by atoms with Gasteiger partial charge in [0.05, 0.1) is 29.5 Å². The second-order valence-corrected chi connectivity index (χ2v) is 9.26. The molecule has 28 heavy (non-hydrogen) atoms. The maximum absolute atomic E-state index is 13.7. The predicted molar refractivity (Wildman–Crippen MR) is 114 cm³/mol. The lowest BCUT2D eigenvalue weighted by atomic mass is 10.1. The summed E-state index contributed by atoms with van der Waals surface area (Å²) in [6, 6.07) is 9.65. The Hall–Kier alpha value is -2.30. The monoisotopic (exact) mass is 411 g/mol. The molecule has 4 rings (SSSR count). The molecule has 0 bridgehead atoms. The molecule has 0 amide bonds. The van der Waals surface area contributed by atoms with Crippen molar-refractivity contribution in [2.45, 2.75) is 49.4 Å². The van der Waals surface area contributed by atoms with E-state index < -0.39 is 0 Å². The molecule has 0 saturated carbocycles. The van der Waals surface area contributed by atoms with Crippen LogP contribution in [0.3, 0.4) is 0 Å². The Morgan fingerprint density at radius 2 is 2.14 bits per heavy atom. The van der Waals surface area contributed by atoms with Gasteiger partial charge in [0.25, 0.3) is 5.56 Å². The van der Waals surface area contributed by atoms with Gasteiger partial charge in [0.1, 0.15) is 10.6 Å². The third kappa shape index (κ3) is 3.43. The average molecular weight is 412 g/mol. The van der Waals surface area contributed by atoms with Crippen LogP contribution in [0.2, 0.25) is 0 Å². The highest BCUT2D eigenvalue weighted by molar-refractivity contribution is 8.00. The zero-order chi connectivity index (χ0) is 19.7. The van der Waals surface area contributed by atoms with E-state index in [4.69, 9.17) is 9.72 Å². The molecule has 1 aliphatic rings. The largest absolute Gasteiger partial charge is 0.497 e. The normalized spacial score (nSPS) is 14.9. The first-order valence-electron chi connectivity index (χ1n) is 9.40. The number of nitrogens with zero attached hydrogens (tertiary/aromatic N) is 3. The molecule has 144 valence electrons. The number of aryl methyl sites for hydroxylation is 2. The first-order valence-corrected chi connectivity index (χ1v) is 11.1. The molecule has 0 N–H and O–H groups in total. The molecule has 0 saturated heterocycles. The first kappa shape index (κ1) is 19.0. The van der Waals surface area contributed by atoms with Crippen molar-refractivity contribution in [2.24, 2.45) is 0 Å². The van der Waals surface area contributed by atoms with E-state index in [1.54, 1.807) is 23.0 Å². The van der Waals surface area contributed by atoms with Crippen LogP contribution in [0.25, 0.3) is 15.9 Å². The van der Waals surface area contributed by atoms with Gasteiger partial charge in [-0.2, -0.15) is 5.26 Å². The molecule has 5 nitrogen and oxygen atoms in total. The van der Waals surface area contributed by atoms with Crippen molar-refractivity contribution >= 4 is 33.3 Å². The van der Waals surface area contributed by atoms with E-state index >= 15 is 0 Å². The van der Waals surface area contributed by atoms with Gasteiger partial charge >= 0.3 is 0 Å². The highest BCUT2D eigenvalue weighted by Gasteiger charge is 2.23. The van der Waals surface area contributed by atoms with Gasteiger partial charge in [-0.1, -0.05) is 24.2 Å². The number of fused-ring (bicyclic) bond motifs is 3. The van der Waals surface area contributed by atoms with Crippen molar-refractivity contribution in [2.75, 3.05) is 7.11 Å². The number of nitriles is 1. The maximum Gasteiger partial charge on any atom is 0.267 e. The van der Waals surface area contributed by atoms with Gasteiger partial charge in [0.15, 0.2) is 5.16 Å². The average Bonchev–Trinajstić information content (AvgIpc) is 2.89. The Balaban J connectivity index is 2.00. The molecule has 0 aliphatic heterocycles. The maximum atomic E-state index is 13.7. The van der Waals surface area contributed by atoms with E-state index in [2.05, 4.69) is 6.07 Å². The summed E-state index contributed by atoms with van der Waals surface area (Å²) in [6.45, 7) is 1.82. The summed E-state index contributed by atoms with van der Waals surface area (Å²) in [5.74, 6) is 0.679. The van der Waals surface area contributed by atoms with Crippen molar-refractivity contribution in [3.05, 3.63) is 45.1 Å². The van der Waals surface area contributed by atoms with Gasteiger partial charge in [-0.3, -0.25) is 9.36 Å². The topological polar surface area (TPSA) is 67.9 Å². The van der Waals surface area contributed by atoms with Crippen LogP contribution < -0.4 is 10.3 Å². The molecule has 0 radical (unpaired) electrons. The Bertz CT molecular complexity index is 1130. The molecule has 0 unspecified atom stereocenters. The van der Waals surface area contributed by atoms with Crippen molar-refractivity contribution < 1.29 is 4.74 Å². The summed E-state index contributed by atoms with van der Waals surface area (Å²) < 4.78 is 6.99. The van der Waals surface area contributed by atoms with Gasteiger partial charge in [0.2, 0.25) is 0 Å². The molecule has 7 heteroatoms. The number of thioether (sulfide) groups is 1. The standard InChI is InChI=1S/C21H21N3O2S2/c1-13(12-22)27-21-23-19-18(16-9-4-3-5-10-17(16)28-19)20(25)24(21)14-7-6-8-15(11-14)26-2/h6-8,11,13H,3-5,9-10H2,1-2H3/t13-/m1/s1. The summed E-state index contributed by atoms with van der Waals surface area (Å²) in [4.78, 5) is 20.6. The van der Waals surface area contributed by atoms with Crippen molar-refractivity contribution in [3.63, 3.8) is 0 Å². The number of ether oxygens (including phenoxy) is 1. The highest BCUT2D eigenvalue weighted by atomic mass is 32.2. The quantitative estimate of drug-likeness (QED) is 0.353. The number of hydrogen-bond donors (Lipinski definition) is 0. The van der Waals surface area contributed by atoms with E-state index in [1.165, 1.54) is 28.6 Å². The van der Waals surface area contributed by atoms with Crippen molar-refractivity contribution in [1.29, 1.82) is 5.26 Å². The third-order valence-corrected chi connectivity index (χ3v) is 7.11. The molecule has 0 spiro atoms. The van der Waals surface area contributed by atoms with Crippen LogP contribution in [0.1, 0.15) is 36.6 Å². The van der Waals surface area contributed by atoms with Crippen LogP contribution in [0.4, 0.5) is 0 Å². The number of hydrogen-bond acceptors (Lipinski definition) is 6. The van der Waals surface area contributed by atoms with Gasteiger partial charge in [0, 0.05) is 10.9 Å². The second kappa shape index (κ2) is 7.98. The molecular weight excluding hydrogens is 390 g/mol. The lowest BCUT2D eigenvalue weighted by Crippen LogP contribution is -2.22. The van der Waals surface area contributed by atoms with Crippen LogP contribution >= 0.6 is 23.1 Å². The molecule has 3 aromatic rings. The van der Waals surface area contributed by atoms with Crippen LogP contribution in [0.15, 0.2) is 34.2 Å². The summed E-state index contributed by atoms with van der Waals surface area (Å²) in [5, 5.41) is 10.3. The van der Waals surface area contributed by atoms with E-state index in [-0.39, 0.29) is 10.8 Å². The second-order valence-electron chi connectivity index (χ2n) is 6.87. The third-order valence-electron chi connectivity index (χ3n) is 4.98. The number of aromatic nitrogens is 2. The van der Waals surface area contributed by atoms with E-state index in [1.807, 2.05) is 31.2 Å². The van der Waals surface area contributed by atoms with Gasteiger partial charge < -0.3 is 4.74 Å².